The van der Waals surface area contributed by atoms with Crippen LogP contribution in [0, 0.1) is 11.8 Å². The fourth-order valence-corrected chi connectivity index (χ4v) is 2.79. The molecule has 0 saturated heterocycles. The van der Waals surface area contributed by atoms with E-state index in [0.717, 1.165) is 5.56 Å². The summed E-state index contributed by atoms with van der Waals surface area (Å²) in [5.41, 5.74) is 1.34. The number of benzene rings is 1. The van der Waals surface area contributed by atoms with Gasteiger partial charge in [0.1, 0.15) is 5.75 Å². The maximum absolute atomic E-state index is 11.2. The van der Waals surface area contributed by atoms with Crippen LogP contribution in [-0.4, -0.2) is 46.5 Å². The molecule has 1 amide bonds. The summed E-state index contributed by atoms with van der Waals surface area (Å²) in [4.78, 5) is 22.2. The molecule has 0 aliphatic rings. The van der Waals surface area contributed by atoms with Gasteiger partial charge < -0.3 is 25.4 Å². The molecule has 1 aromatic rings. The molecule has 0 aliphatic heterocycles. The van der Waals surface area contributed by atoms with Crippen molar-refractivity contribution in [2.75, 3.05) is 12.4 Å². The van der Waals surface area contributed by atoms with Gasteiger partial charge >= 0.3 is 5.97 Å². The van der Waals surface area contributed by atoms with E-state index in [4.69, 9.17) is 9.84 Å². The molecule has 1 rings (SSSR count). The smallest absolute Gasteiger partial charge is 0.308 e. The first-order valence-corrected chi connectivity index (χ1v) is 8.18. The van der Waals surface area contributed by atoms with Crippen molar-refractivity contribution in [3.8, 4) is 5.75 Å². The monoisotopic (exact) mass is 353 g/mol. The van der Waals surface area contributed by atoms with E-state index in [1.165, 1.54) is 27.0 Å². The molecule has 1 aromatic carbocycles. The van der Waals surface area contributed by atoms with Crippen molar-refractivity contribution in [1.82, 2.24) is 0 Å². The van der Waals surface area contributed by atoms with E-state index >= 15 is 0 Å². The summed E-state index contributed by atoms with van der Waals surface area (Å²) in [7, 11) is 1.44. The quantitative estimate of drug-likeness (QED) is 0.540. The van der Waals surface area contributed by atoms with Crippen molar-refractivity contribution in [3.63, 3.8) is 0 Å². The lowest BCUT2D eigenvalue weighted by Gasteiger charge is -2.27. The van der Waals surface area contributed by atoms with Crippen LogP contribution in [-0.2, 0) is 20.7 Å². The molecule has 0 fully saturated rings. The normalized spacial score (nSPS) is 15.9. The number of nitrogens with one attached hydrogen (secondary N) is 1. The summed E-state index contributed by atoms with van der Waals surface area (Å²) >= 11 is 0. The number of hydrogen-bond acceptors (Lipinski definition) is 5. The fraction of sp³-hybridized carbons (Fsp3) is 0.556. The molecular formula is C18H27NO6. The molecule has 25 heavy (non-hydrogen) atoms. The Bertz CT molecular complexity index is 603. The van der Waals surface area contributed by atoms with Gasteiger partial charge in [0.15, 0.2) is 0 Å². The number of ether oxygens (including phenoxy) is 1. The third-order valence-electron chi connectivity index (χ3n) is 4.10. The van der Waals surface area contributed by atoms with Gasteiger partial charge in [0.05, 0.1) is 18.1 Å². The van der Waals surface area contributed by atoms with Crippen LogP contribution < -0.4 is 5.32 Å². The fourth-order valence-electron chi connectivity index (χ4n) is 2.79. The van der Waals surface area contributed by atoms with E-state index < -0.39 is 24.1 Å². The van der Waals surface area contributed by atoms with Crippen LogP contribution in [0.2, 0.25) is 0 Å². The number of carbonyl (C=O) groups is 2. The van der Waals surface area contributed by atoms with Crippen molar-refractivity contribution >= 4 is 17.6 Å². The Morgan fingerprint density at radius 3 is 2.40 bits per heavy atom. The molecular weight excluding hydrogens is 326 g/mol. The van der Waals surface area contributed by atoms with Gasteiger partial charge in [-0.1, -0.05) is 6.92 Å². The lowest BCUT2D eigenvalue weighted by Crippen LogP contribution is -2.38. The number of carboxylic acids is 1. The highest BCUT2D eigenvalue weighted by Crippen LogP contribution is 2.25. The summed E-state index contributed by atoms with van der Waals surface area (Å²) in [5.74, 6) is -2.11. The Balaban J connectivity index is 2.77. The lowest BCUT2D eigenvalue weighted by molar-refractivity contribution is -0.149. The number of phenolic OH excluding ortho intramolecular Hbond substituents is 1. The summed E-state index contributed by atoms with van der Waals surface area (Å²) in [5, 5.41) is 31.6. The second-order valence-corrected chi connectivity index (χ2v) is 6.51. The average Bonchev–Trinajstić information content (AvgIpc) is 2.49. The van der Waals surface area contributed by atoms with E-state index in [2.05, 4.69) is 5.32 Å². The standard InChI is InChI=1S/C18H27NO6/c1-10(6-16(25-4)17(22)11(2)18(23)24)5-13-7-14(19-12(3)20)9-15(21)8-13/h7-11,16-17,21-22H,5-6H2,1-4H3,(H,19,20)(H,23,24)/t10-,11+,16+,17-/m1/s1. The molecule has 0 unspecified atom stereocenters. The first-order valence-electron chi connectivity index (χ1n) is 8.18. The number of phenols is 1. The van der Waals surface area contributed by atoms with Gasteiger partial charge in [-0.15, -0.1) is 0 Å². The molecule has 0 aromatic heterocycles. The molecule has 140 valence electrons. The zero-order valence-corrected chi connectivity index (χ0v) is 15.0. The molecule has 0 bridgehead atoms. The number of methoxy groups -OCH3 is 1. The van der Waals surface area contributed by atoms with Gasteiger partial charge in [-0.05, 0) is 43.4 Å². The Morgan fingerprint density at radius 2 is 1.88 bits per heavy atom. The number of aliphatic hydroxyl groups excluding tert-OH is 1. The predicted molar refractivity (Wildman–Crippen MR) is 93.5 cm³/mol. The Labute approximate surface area is 147 Å². The van der Waals surface area contributed by atoms with E-state index in [0.29, 0.717) is 18.5 Å². The Kier molecular flexibility index (Phi) is 7.86. The highest BCUT2D eigenvalue weighted by Gasteiger charge is 2.30. The molecule has 4 N–H and O–H groups in total. The van der Waals surface area contributed by atoms with E-state index in [9.17, 15) is 19.8 Å². The first-order chi connectivity index (χ1) is 11.6. The summed E-state index contributed by atoms with van der Waals surface area (Å²) in [6, 6.07) is 4.85. The number of aliphatic carboxylic acids is 1. The summed E-state index contributed by atoms with van der Waals surface area (Å²) in [6.07, 6.45) is -0.674. The maximum atomic E-state index is 11.2. The van der Waals surface area contributed by atoms with Gasteiger partial charge in [0, 0.05) is 25.8 Å². The van der Waals surface area contributed by atoms with E-state index in [1.54, 1.807) is 12.1 Å². The van der Waals surface area contributed by atoms with Crippen molar-refractivity contribution in [2.45, 2.75) is 45.8 Å². The Morgan fingerprint density at radius 1 is 1.24 bits per heavy atom. The molecule has 7 heteroatoms. The van der Waals surface area contributed by atoms with E-state index in [1.807, 2.05) is 6.92 Å². The minimum Gasteiger partial charge on any atom is -0.508 e. The SMILES string of the molecule is CO[C@@H](C[C@H](C)Cc1cc(O)cc(NC(C)=O)c1)[C@H](O)[C@H](C)C(=O)O. The van der Waals surface area contributed by atoms with Gasteiger partial charge in [0.2, 0.25) is 5.91 Å². The van der Waals surface area contributed by atoms with Crippen LogP contribution in [0.1, 0.15) is 32.8 Å². The molecule has 0 radical (unpaired) electrons. The van der Waals surface area contributed by atoms with Crippen LogP contribution in [0.15, 0.2) is 18.2 Å². The number of carbonyl (C=O) groups excluding carboxylic acids is 1. The van der Waals surface area contributed by atoms with E-state index in [-0.39, 0.29) is 17.6 Å². The van der Waals surface area contributed by atoms with Crippen molar-refractivity contribution in [3.05, 3.63) is 23.8 Å². The number of hydrogen-bond donors (Lipinski definition) is 4. The molecule has 0 saturated carbocycles. The molecule has 0 spiro atoms. The topological polar surface area (TPSA) is 116 Å². The van der Waals surface area contributed by atoms with Gasteiger partial charge in [-0.25, -0.2) is 0 Å². The second-order valence-electron chi connectivity index (χ2n) is 6.51. The van der Waals surface area contributed by atoms with Crippen LogP contribution in [0.25, 0.3) is 0 Å². The average molecular weight is 353 g/mol. The van der Waals surface area contributed by atoms with Gasteiger partial charge in [-0.2, -0.15) is 0 Å². The third-order valence-corrected chi connectivity index (χ3v) is 4.10. The van der Waals surface area contributed by atoms with Crippen LogP contribution in [0.3, 0.4) is 0 Å². The highest BCUT2D eigenvalue weighted by atomic mass is 16.5. The summed E-state index contributed by atoms with van der Waals surface area (Å²) < 4.78 is 5.27. The number of amides is 1. The lowest BCUT2D eigenvalue weighted by atomic mass is 9.89. The molecule has 0 heterocycles. The second kappa shape index (κ2) is 9.39. The zero-order valence-electron chi connectivity index (χ0n) is 15.0. The van der Waals surface area contributed by atoms with Crippen molar-refractivity contribution in [2.24, 2.45) is 11.8 Å². The van der Waals surface area contributed by atoms with Gasteiger partial charge in [0.25, 0.3) is 0 Å². The van der Waals surface area contributed by atoms with Crippen molar-refractivity contribution in [1.29, 1.82) is 0 Å². The van der Waals surface area contributed by atoms with Crippen LogP contribution >= 0.6 is 0 Å². The van der Waals surface area contributed by atoms with Crippen LogP contribution in [0.5, 0.6) is 5.75 Å². The number of carboxylic acid groups (broad SMARTS) is 1. The number of aliphatic hydroxyl groups is 1. The minimum absolute atomic E-state index is 0.0521. The number of anilines is 1. The molecule has 0 aliphatic carbocycles. The third kappa shape index (κ3) is 6.72. The minimum atomic E-state index is -1.11. The highest BCUT2D eigenvalue weighted by molar-refractivity contribution is 5.89. The largest absolute Gasteiger partial charge is 0.508 e. The first kappa shape index (κ1) is 20.9. The maximum Gasteiger partial charge on any atom is 0.308 e. The predicted octanol–water partition coefficient (Wildman–Crippen LogP) is 2.02. The van der Waals surface area contributed by atoms with Crippen molar-refractivity contribution < 1.29 is 29.6 Å². The number of aromatic hydroxyl groups is 1. The van der Waals surface area contributed by atoms with Crippen LogP contribution in [0.4, 0.5) is 5.69 Å². The zero-order chi connectivity index (χ0) is 19.1. The molecule has 4 atom stereocenters. The molecule has 7 nitrogen and oxygen atoms in total. The van der Waals surface area contributed by atoms with Gasteiger partial charge in [-0.3, -0.25) is 9.59 Å². The number of rotatable bonds is 9. The Hall–Kier alpha value is -2.12. The summed E-state index contributed by atoms with van der Waals surface area (Å²) in [6.45, 7) is 4.78.